The molecule has 3 nitrogen and oxygen atoms in total. The maximum atomic E-state index is 12.6. The van der Waals surface area contributed by atoms with Gasteiger partial charge in [-0.05, 0) is 29.8 Å². The number of nitrogens with zero attached hydrogens (tertiary/aromatic N) is 1. The van der Waals surface area contributed by atoms with E-state index in [0.717, 1.165) is 17.0 Å². The Hall–Kier alpha value is -2.28. The summed E-state index contributed by atoms with van der Waals surface area (Å²) in [6.07, 6.45) is -3.22. The van der Waals surface area contributed by atoms with Crippen molar-refractivity contribution in [1.29, 1.82) is 0 Å². The summed E-state index contributed by atoms with van der Waals surface area (Å²) in [6.45, 7) is 0. The Morgan fingerprint density at radius 1 is 1.13 bits per heavy atom. The lowest BCUT2D eigenvalue weighted by Crippen LogP contribution is -2.19. The van der Waals surface area contributed by atoms with Gasteiger partial charge in [0.1, 0.15) is 0 Å². The van der Waals surface area contributed by atoms with E-state index in [9.17, 15) is 18.0 Å². The Balaban J connectivity index is 1.85. The number of thioether (sulfide) groups is 1. The van der Waals surface area contributed by atoms with Crippen LogP contribution in [0.3, 0.4) is 0 Å². The molecule has 0 aliphatic rings. The zero-order valence-electron chi connectivity index (χ0n) is 11.9. The largest absolute Gasteiger partial charge is 0.416 e. The second-order valence-electron chi connectivity index (χ2n) is 4.52. The molecule has 2 aromatic carbocycles. The lowest BCUT2D eigenvalue weighted by atomic mass is 10.1. The van der Waals surface area contributed by atoms with Crippen molar-refractivity contribution in [3.8, 4) is 0 Å². The average Bonchev–Trinajstić information content (AvgIpc) is 2.53. The van der Waals surface area contributed by atoms with E-state index in [4.69, 9.17) is 0 Å². The Bertz CT molecular complexity index is 687. The molecule has 1 N–H and O–H groups in total. The van der Waals surface area contributed by atoms with Crippen LogP contribution in [-0.4, -0.2) is 17.9 Å². The van der Waals surface area contributed by atoms with Crippen LogP contribution in [0.25, 0.3) is 0 Å². The first-order valence-corrected chi connectivity index (χ1v) is 7.61. The second-order valence-corrected chi connectivity index (χ2v) is 5.57. The van der Waals surface area contributed by atoms with Crippen LogP contribution in [0.4, 0.5) is 13.2 Å². The van der Waals surface area contributed by atoms with E-state index in [1.165, 1.54) is 30.1 Å². The molecule has 0 radical (unpaired) electrons. The highest BCUT2D eigenvalue weighted by Gasteiger charge is 2.30. The number of hydrogen-bond donors (Lipinski definition) is 1. The fourth-order valence-electron chi connectivity index (χ4n) is 1.67. The van der Waals surface area contributed by atoms with Crippen molar-refractivity contribution in [3.63, 3.8) is 0 Å². The summed E-state index contributed by atoms with van der Waals surface area (Å²) in [5.74, 6) is -0.161. The van der Waals surface area contributed by atoms with Crippen molar-refractivity contribution in [2.45, 2.75) is 11.1 Å². The molecule has 0 bridgehead atoms. The zero-order valence-corrected chi connectivity index (χ0v) is 12.7. The van der Waals surface area contributed by atoms with Gasteiger partial charge in [-0.1, -0.05) is 30.3 Å². The third-order valence-corrected chi connectivity index (χ3v) is 3.74. The number of halogens is 3. The van der Waals surface area contributed by atoms with Gasteiger partial charge in [-0.2, -0.15) is 18.3 Å². The summed E-state index contributed by atoms with van der Waals surface area (Å²) >= 11 is 1.35. The van der Waals surface area contributed by atoms with Gasteiger partial charge in [0.15, 0.2) is 0 Å². The molecule has 0 unspecified atom stereocenters. The number of rotatable bonds is 5. The molecular weight excluding hydrogens is 325 g/mol. The van der Waals surface area contributed by atoms with Gasteiger partial charge < -0.3 is 0 Å². The van der Waals surface area contributed by atoms with Crippen molar-refractivity contribution in [2.24, 2.45) is 5.10 Å². The summed E-state index contributed by atoms with van der Waals surface area (Å²) in [7, 11) is 0. The molecule has 0 saturated carbocycles. The highest BCUT2D eigenvalue weighted by molar-refractivity contribution is 8.00. The van der Waals surface area contributed by atoms with Crippen LogP contribution in [0.15, 0.2) is 64.6 Å². The number of hydrogen-bond acceptors (Lipinski definition) is 3. The normalized spacial score (nSPS) is 11.6. The van der Waals surface area contributed by atoms with Crippen LogP contribution in [0.2, 0.25) is 0 Å². The first-order chi connectivity index (χ1) is 10.9. The van der Waals surface area contributed by atoms with E-state index in [1.807, 2.05) is 30.3 Å². The van der Waals surface area contributed by atoms with E-state index < -0.39 is 11.7 Å². The third-order valence-electron chi connectivity index (χ3n) is 2.73. The van der Waals surface area contributed by atoms with Gasteiger partial charge in [-0.3, -0.25) is 4.79 Å². The fourth-order valence-corrected chi connectivity index (χ4v) is 2.38. The number of benzene rings is 2. The standard InChI is InChI=1S/C16H13F3N2OS/c17-16(18,19)13-6-4-5-12(9-13)10-20-21-15(22)11-23-14-7-2-1-3-8-14/h1-10H,11H2,(H,21,22)/b20-10-. The predicted molar refractivity (Wildman–Crippen MR) is 84.3 cm³/mol. The van der Waals surface area contributed by atoms with Crippen molar-refractivity contribution >= 4 is 23.9 Å². The summed E-state index contributed by atoms with van der Waals surface area (Å²) in [6, 6.07) is 14.1. The minimum absolute atomic E-state index is 0.171. The minimum atomic E-state index is -4.40. The number of alkyl halides is 3. The molecule has 1 amide bonds. The molecule has 0 fully saturated rings. The maximum Gasteiger partial charge on any atom is 0.416 e. The van der Waals surface area contributed by atoms with Crippen molar-refractivity contribution < 1.29 is 18.0 Å². The highest BCUT2D eigenvalue weighted by Crippen LogP contribution is 2.29. The number of amides is 1. The Kier molecular flexibility index (Phi) is 5.81. The third kappa shape index (κ3) is 5.78. The van der Waals surface area contributed by atoms with E-state index in [-0.39, 0.29) is 17.2 Å². The quantitative estimate of drug-likeness (QED) is 0.509. The summed E-state index contributed by atoms with van der Waals surface area (Å²) in [5, 5.41) is 3.67. The maximum absolute atomic E-state index is 12.6. The summed E-state index contributed by atoms with van der Waals surface area (Å²) in [4.78, 5) is 12.6. The molecule has 0 aliphatic carbocycles. The second kappa shape index (κ2) is 7.82. The molecule has 2 rings (SSSR count). The van der Waals surface area contributed by atoms with Gasteiger partial charge in [-0.25, -0.2) is 5.43 Å². The minimum Gasteiger partial charge on any atom is -0.272 e. The molecular formula is C16H13F3N2OS. The number of hydrazone groups is 1. The summed E-state index contributed by atoms with van der Waals surface area (Å²) < 4.78 is 37.7. The van der Waals surface area contributed by atoms with Gasteiger partial charge in [0.2, 0.25) is 5.91 Å². The number of nitrogens with one attached hydrogen (secondary N) is 1. The van der Waals surface area contributed by atoms with Crippen LogP contribution in [0.1, 0.15) is 11.1 Å². The Morgan fingerprint density at radius 2 is 1.87 bits per heavy atom. The predicted octanol–water partition coefficient (Wildman–Crippen LogP) is 3.95. The van der Waals surface area contributed by atoms with Crippen LogP contribution >= 0.6 is 11.8 Å². The van der Waals surface area contributed by atoms with Gasteiger partial charge in [0.05, 0.1) is 17.5 Å². The van der Waals surface area contributed by atoms with E-state index in [1.54, 1.807) is 0 Å². The number of carbonyl (C=O) groups is 1. The van der Waals surface area contributed by atoms with Gasteiger partial charge >= 0.3 is 6.18 Å². The van der Waals surface area contributed by atoms with Crippen LogP contribution < -0.4 is 5.43 Å². The zero-order chi connectivity index (χ0) is 16.7. The molecule has 120 valence electrons. The van der Waals surface area contributed by atoms with Crippen LogP contribution in [0.5, 0.6) is 0 Å². The molecule has 23 heavy (non-hydrogen) atoms. The molecule has 0 saturated heterocycles. The lowest BCUT2D eigenvalue weighted by molar-refractivity contribution is -0.137. The number of carbonyl (C=O) groups excluding carboxylic acids is 1. The van der Waals surface area contributed by atoms with E-state index in [0.29, 0.717) is 0 Å². The molecule has 2 aromatic rings. The smallest absolute Gasteiger partial charge is 0.272 e. The topological polar surface area (TPSA) is 41.5 Å². The average molecular weight is 338 g/mol. The lowest BCUT2D eigenvalue weighted by Gasteiger charge is -2.06. The van der Waals surface area contributed by atoms with Crippen molar-refractivity contribution in [1.82, 2.24) is 5.43 Å². The van der Waals surface area contributed by atoms with Crippen LogP contribution in [-0.2, 0) is 11.0 Å². The van der Waals surface area contributed by atoms with Gasteiger partial charge in [0, 0.05) is 4.90 Å². The molecule has 0 aromatic heterocycles. The summed E-state index contributed by atoms with van der Waals surface area (Å²) in [5.41, 5.74) is 1.79. The Morgan fingerprint density at radius 3 is 2.57 bits per heavy atom. The Labute approximate surface area is 135 Å². The van der Waals surface area contributed by atoms with Gasteiger partial charge in [0.25, 0.3) is 0 Å². The van der Waals surface area contributed by atoms with Crippen LogP contribution in [0, 0.1) is 0 Å². The monoisotopic (exact) mass is 338 g/mol. The first kappa shape index (κ1) is 17.1. The van der Waals surface area contributed by atoms with Crippen molar-refractivity contribution in [2.75, 3.05) is 5.75 Å². The molecule has 0 aliphatic heterocycles. The molecule has 7 heteroatoms. The van der Waals surface area contributed by atoms with E-state index >= 15 is 0 Å². The van der Waals surface area contributed by atoms with Gasteiger partial charge in [-0.15, -0.1) is 11.8 Å². The SMILES string of the molecule is O=C(CSc1ccccc1)N/N=C\c1cccc(C(F)(F)F)c1. The van der Waals surface area contributed by atoms with Crippen molar-refractivity contribution in [3.05, 3.63) is 65.7 Å². The highest BCUT2D eigenvalue weighted by atomic mass is 32.2. The first-order valence-electron chi connectivity index (χ1n) is 6.62. The molecule has 0 atom stereocenters. The molecule has 0 spiro atoms. The molecule has 0 heterocycles. The van der Waals surface area contributed by atoms with E-state index in [2.05, 4.69) is 10.5 Å². The fraction of sp³-hybridized carbons (Fsp3) is 0.125.